The highest BCUT2D eigenvalue weighted by Crippen LogP contribution is 2.19. The average molecular weight is 266 g/mol. The molecular weight excluding hydrogens is 244 g/mol. The smallest absolute Gasteiger partial charge is 0.220 e. The summed E-state index contributed by atoms with van der Waals surface area (Å²) in [7, 11) is 0. The van der Waals surface area contributed by atoms with Crippen LogP contribution in [0, 0.1) is 0 Å². The van der Waals surface area contributed by atoms with Gasteiger partial charge < -0.3 is 20.9 Å². The fourth-order valence-electron chi connectivity index (χ4n) is 1.34. The third kappa shape index (κ3) is 5.61. The van der Waals surface area contributed by atoms with Crippen molar-refractivity contribution in [3.63, 3.8) is 0 Å². The van der Waals surface area contributed by atoms with E-state index in [2.05, 4.69) is 5.32 Å². The van der Waals surface area contributed by atoms with E-state index in [9.17, 15) is 9.90 Å². The maximum atomic E-state index is 10.6. The number of nitrogens with two attached hydrogens (primary N) is 1. The van der Waals surface area contributed by atoms with Crippen LogP contribution in [0.5, 0.6) is 5.75 Å². The Kier molecular flexibility index (Phi) is 5.18. The van der Waals surface area contributed by atoms with Crippen molar-refractivity contribution in [1.29, 1.82) is 0 Å². The minimum absolute atomic E-state index is 0.0749. The van der Waals surface area contributed by atoms with Crippen molar-refractivity contribution in [2.45, 2.75) is 38.8 Å². The van der Waals surface area contributed by atoms with Gasteiger partial charge in [0, 0.05) is 5.69 Å². The van der Waals surface area contributed by atoms with Gasteiger partial charge in [-0.2, -0.15) is 0 Å². The molecule has 19 heavy (non-hydrogen) atoms. The second kappa shape index (κ2) is 6.43. The molecule has 0 aromatic heterocycles. The van der Waals surface area contributed by atoms with E-state index in [1.54, 1.807) is 26.0 Å². The van der Waals surface area contributed by atoms with E-state index in [-0.39, 0.29) is 25.0 Å². The van der Waals surface area contributed by atoms with Gasteiger partial charge in [-0.25, -0.2) is 0 Å². The van der Waals surface area contributed by atoms with E-state index in [4.69, 9.17) is 10.5 Å². The summed E-state index contributed by atoms with van der Waals surface area (Å²) in [6.07, 6.45) is 0.204. The Labute approximate surface area is 113 Å². The summed E-state index contributed by atoms with van der Waals surface area (Å²) in [5.41, 5.74) is 5.13. The highest BCUT2D eigenvalue weighted by molar-refractivity contribution is 5.73. The number of rotatable bonds is 7. The fourth-order valence-corrected chi connectivity index (χ4v) is 1.34. The lowest BCUT2D eigenvalue weighted by molar-refractivity contribution is -0.118. The van der Waals surface area contributed by atoms with Gasteiger partial charge in [-0.05, 0) is 45.0 Å². The molecule has 0 bridgehead atoms. The van der Waals surface area contributed by atoms with Crippen LogP contribution in [-0.4, -0.2) is 29.3 Å². The Balaban J connectivity index is 2.50. The van der Waals surface area contributed by atoms with Gasteiger partial charge in [0.15, 0.2) is 0 Å². The van der Waals surface area contributed by atoms with Gasteiger partial charge in [0.2, 0.25) is 5.91 Å². The fraction of sp³-hybridized carbons (Fsp3) is 0.500. The molecule has 106 valence electrons. The summed E-state index contributed by atoms with van der Waals surface area (Å²) in [5.74, 6) is 0.306. The predicted octanol–water partition coefficient (Wildman–Crippen LogP) is 1.51. The molecule has 0 spiro atoms. The van der Waals surface area contributed by atoms with Gasteiger partial charge in [-0.1, -0.05) is 0 Å². The zero-order valence-corrected chi connectivity index (χ0v) is 11.6. The second-order valence-corrected chi connectivity index (χ2v) is 5.11. The Hall–Kier alpha value is -1.75. The highest BCUT2D eigenvalue weighted by Gasteiger charge is 2.21. The molecule has 1 atom stereocenters. The molecule has 1 aromatic carbocycles. The first kappa shape index (κ1) is 15.3. The van der Waals surface area contributed by atoms with Crippen molar-refractivity contribution in [2.24, 2.45) is 5.73 Å². The average Bonchev–Trinajstić information content (AvgIpc) is 2.29. The van der Waals surface area contributed by atoms with E-state index in [1.165, 1.54) is 0 Å². The van der Waals surface area contributed by atoms with E-state index in [1.807, 2.05) is 19.1 Å². The topological polar surface area (TPSA) is 84.6 Å². The molecule has 0 heterocycles. The monoisotopic (exact) mass is 266 g/mol. The highest BCUT2D eigenvalue weighted by atomic mass is 16.5. The number of hydrogen-bond donors (Lipinski definition) is 3. The molecule has 0 aliphatic carbocycles. The molecule has 0 radical (unpaired) electrons. The molecule has 0 aliphatic heterocycles. The van der Waals surface area contributed by atoms with Crippen molar-refractivity contribution in [3.05, 3.63) is 24.3 Å². The first-order valence-electron chi connectivity index (χ1n) is 6.29. The molecule has 0 fully saturated rings. The van der Waals surface area contributed by atoms with Gasteiger partial charge >= 0.3 is 0 Å². The number of hydrogen-bond acceptors (Lipinski definition) is 4. The SMILES string of the molecule is CC(Nc1ccc(OCCC(N)=O)cc1)C(C)(C)O. The number of benzene rings is 1. The number of carbonyl (C=O) groups excluding carboxylic acids is 1. The van der Waals surface area contributed by atoms with Gasteiger partial charge in [0.25, 0.3) is 0 Å². The molecular formula is C14H22N2O3. The van der Waals surface area contributed by atoms with Crippen LogP contribution in [0.4, 0.5) is 5.69 Å². The third-order valence-electron chi connectivity index (χ3n) is 2.91. The number of ether oxygens (including phenoxy) is 1. The minimum Gasteiger partial charge on any atom is -0.493 e. The lowest BCUT2D eigenvalue weighted by atomic mass is 10.0. The minimum atomic E-state index is -0.795. The molecule has 1 rings (SSSR count). The summed E-state index contributed by atoms with van der Waals surface area (Å²) < 4.78 is 5.37. The standard InChI is InChI=1S/C14H22N2O3/c1-10(14(2,3)18)16-11-4-6-12(7-5-11)19-9-8-13(15)17/h4-7,10,16,18H,8-9H2,1-3H3,(H2,15,17). The molecule has 5 nitrogen and oxygen atoms in total. The summed E-state index contributed by atoms with van der Waals surface area (Å²) >= 11 is 0. The lowest BCUT2D eigenvalue weighted by Crippen LogP contribution is -2.39. The number of anilines is 1. The van der Waals surface area contributed by atoms with Crippen LogP contribution in [0.15, 0.2) is 24.3 Å². The van der Waals surface area contributed by atoms with Gasteiger partial charge in [-0.15, -0.1) is 0 Å². The van der Waals surface area contributed by atoms with Crippen molar-refractivity contribution >= 4 is 11.6 Å². The van der Waals surface area contributed by atoms with Crippen LogP contribution in [-0.2, 0) is 4.79 Å². The van der Waals surface area contributed by atoms with Gasteiger partial charge in [0.05, 0.1) is 24.7 Å². The molecule has 0 saturated heterocycles. The van der Waals surface area contributed by atoms with Crippen molar-refractivity contribution in [1.82, 2.24) is 0 Å². The van der Waals surface area contributed by atoms with Crippen LogP contribution in [0.1, 0.15) is 27.2 Å². The van der Waals surface area contributed by atoms with Crippen molar-refractivity contribution in [2.75, 3.05) is 11.9 Å². The maximum Gasteiger partial charge on any atom is 0.220 e. The number of carbonyl (C=O) groups is 1. The predicted molar refractivity (Wildman–Crippen MR) is 75.1 cm³/mol. The molecule has 1 aromatic rings. The van der Waals surface area contributed by atoms with Crippen LogP contribution < -0.4 is 15.8 Å². The van der Waals surface area contributed by atoms with Crippen LogP contribution >= 0.6 is 0 Å². The second-order valence-electron chi connectivity index (χ2n) is 5.11. The Morgan fingerprint density at radius 3 is 2.47 bits per heavy atom. The van der Waals surface area contributed by atoms with Crippen molar-refractivity contribution < 1.29 is 14.6 Å². The van der Waals surface area contributed by atoms with Gasteiger partial charge in [-0.3, -0.25) is 4.79 Å². The molecule has 4 N–H and O–H groups in total. The van der Waals surface area contributed by atoms with E-state index < -0.39 is 5.60 Å². The number of primary amides is 1. The summed E-state index contributed by atoms with van der Waals surface area (Å²) in [4.78, 5) is 10.6. The largest absolute Gasteiger partial charge is 0.493 e. The zero-order chi connectivity index (χ0) is 14.5. The Morgan fingerprint density at radius 2 is 2.00 bits per heavy atom. The van der Waals surface area contributed by atoms with Crippen molar-refractivity contribution in [3.8, 4) is 5.75 Å². The third-order valence-corrected chi connectivity index (χ3v) is 2.91. The molecule has 1 amide bonds. The van der Waals surface area contributed by atoms with Crippen LogP contribution in [0.25, 0.3) is 0 Å². The van der Waals surface area contributed by atoms with Gasteiger partial charge in [0.1, 0.15) is 5.75 Å². The Morgan fingerprint density at radius 1 is 1.42 bits per heavy atom. The summed E-state index contributed by atoms with van der Waals surface area (Å²) in [5, 5.41) is 13.0. The number of nitrogens with one attached hydrogen (secondary N) is 1. The van der Waals surface area contributed by atoms with E-state index in [0.717, 1.165) is 5.69 Å². The molecule has 5 heteroatoms. The zero-order valence-electron chi connectivity index (χ0n) is 11.6. The van der Waals surface area contributed by atoms with Crippen LogP contribution in [0.2, 0.25) is 0 Å². The van der Waals surface area contributed by atoms with E-state index >= 15 is 0 Å². The normalized spacial score (nSPS) is 12.8. The summed E-state index contributed by atoms with van der Waals surface area (Å²) in [6, 6.07) is 7.26. The molecule has 0 saturated carbocycles. The molecule has 0 aliphatic rings. The van der Waals surface area contributed by atoms with E-state index in [0.29, 0.717) is 5.75 Å². The summed E-state index contributed by atoms with van der Waals surface area (Å²) in [6.45, 7) is 5.71. The van der Waals surface area contributed by atoms with Crippen LogP contribution in [0.3, 0.4) is 0 Å². The Bertz CT molecular complexity index is 410. The maximum absolute atomic E-state index is 10.6. The molecule has 1 unspecified atom stereocenters. The number of aliphatic hydroxyl groups is 1. The first-order valence-corrected chi connectivity index (χ1v) is 6.29. The quantitative estimate of drug-likeness (QED) is 0.698. The number of amides is 1. The first-order chi connectivity index (χ1) is 8.79. The lowest BCUT2D eigenvalue weighted by Gasteiger charge is -2.27.